The summed E-state index contributed by atoms with van der Waals surface area (Å²) >= 11 is 0. The van der Waals surface area contributed by atoms with Gasteiger partial charge in [-0.2, -0.15) is 13.2 Å². The number of urea groups is 1. The van der Waals surface area contributed by atoms with Crippen molar-refractivity contribution >= 4 is 17.8 Å². The van der Waals surface area contributed by atoms with Gasteiger partial charge < -0.3 is 5.32 Å². The fourth-order valence-electron chi connectivity index (χ4n) is 2.16. The van der Waals surface area contributed by atoms with Gasteiger partial charge in [0.05, 0.1) is 0 Å². The second kappa shape index (κ2) is 5.90. The number of alkyl halides is 3. The highest BCUT2D eigenvalue weighted by molar-refractivity contribution is 6.08. The van der Waals surface area contributed by atoms with Crippen LogP contribution in [0.3, 0.4) is 0 Å². The van der Waals surface area contributed by atoms with Crippen molar-refractivity contribution in [3.05, 3.63) is 35.9 Å². The molecule has 0 saturated carbocycles. The van der Waals surface area contributed by atoms with Crippen molar-refractivity contribution in [2.45, 2.75) is 24.7 Å². The van der Waals surface area contributed by atoms with E-state index in [1.165, 1.54) is 5.32 Å². The molecular weight excluding hydrogens is 315 g/mol. The molecule has 1 aliphatic heterocycles. The maximum Gasteiger partial charge on any atom is 0.440 e. The number of benzene rings is 1. The van der Waals surface area contributed by atoms with Gasteiger partial charge in [0.2, 0.25) is 5.91 Å². The average molecular weight is 329 g/mol. The van der Waals surface area contributed by atoms with Crippen LogP contribution in [0.1, 0.15) is 12.0 Å². The van der Waals surface area contributed by atoms with Crippen LogP contribution < -0.4 is 10.6 Å². The summed E-state index contributed by atoms with van der Waals surface area (Å²) in [5.41, 5.74) is -2.64. The zero-order valence-corrected chi connectivity index (χ0v) is 12.1. The zero-order chi connectivity index (χ0) is 17.3. The summed E-state index contributed by atoms with van der Waals surface area (Å²) in [6.07, 6.45) is -5.21. The molecule has 0 unspecified atom stereocenters. The number of hydrogen-bond acceptors (Lipinski definition) is 3. The topological polar surface area (TPSA) is 78.5 Å². The summed E-state index contributed by atoms with van der Waals surface area (Å²) in [6, 6.07) is 7.47. The molecule has 1 aliphatic rings. The number of amides is 4. The quantitative estimate of drug-likeness (QED) is 0.814. The molecule has 1 fully saturated rings. The normalized spacial score (nSPS) is 21.3. The Hall–Kier alpha value is -2.58. The minimum Gasteiger partial charge on any atom is -0.318 e. The lowest BCUT2D eigenvalue weighted by molar-refractivity contribution is -0.203. The number of nitrogens with zero attached hydrogens (tertiary/aromatic N) is 1. The second-order valence-electron chi connectivity index (χ2n) is 5.08. The van der Waals surface area contributed by atoms with Crippen LogP contribution in [0.4, 0.5) is 18.0 Å². The van der Waals surface area contributed by atoms with E-state index < -0.39 is 29.7 Å². The number of aryl methyl sites for hydroxylation is 1. The van der Waals surface area contributed by atoms with Gasteiger partial charge in [0.25, 0.3) is 11.6 Å². The first-order valence-electron chi connectivity index (χ1n) is 6.69. The first-order valence-corrected chi connectivity index (χ1v) is 6.69. The Morgan fingerprint density at radius 1 is 1.26 bits per heavy atom. The van der Waals surface area contributed by atoms with Crippen LogP contribution in [0.5, 0.6) is 0 Å². The van der Waals surface area contributed by atoms with Gasteiger partial charge in [-0.15, -0.1) is 0 Å². The fourth-order valence-corrected chi connectivity index (χ4v) is 2.16. The van der Waals surface area contributed by atoms with Gasteiger partial charge in [-0.05, 0) is 12.0 Å². The number of halogens is 3. The molecule has 0 aliphatic carbocycles. The van der Waals surface area contributed by atoms with Crippen LogP contribution in [0.25, 0.3) is 0 Å². The largest absolute Gasteiger partial charge is 0.440 e. The van der Waals surface area contributed by atoms with Crippen molar-refractivity contribution in [3.63, 3.8) is 0 Å². The van der Waals surface area contributed by atoms with Crippen molar-refractivity contribution in [1.82, 2.24) is 15.5 Å². The SMILES string of the molecule is CN1C(=O)N[C@@](NC(=O)CCc2ccccc2)(C(F)(F)F)C1=O. The molecule has 1 saturated heterocycles. The molecule has 1 aromatic carbocycles. The van der Waals surface area contributed by atoms with Gasteiger partial charge in [-0.25, -0.2) is 4.79 Å². The molecule has 6 nitrogen and oxygen atoms in total. The molecular formula is C14H14F3N3O3. The van der Waals surface area contributed by atoms with Crippen molar-refractivity contribution in [3.8, 4) is 0 Å². The summed E-state index contributed by atoms with van der Waals surface area (Å²) in [5.74, 6) is -2.56. The van der Waals surface area contributed by atoms with Crippen LogP contribution >= 0.6 is 0 Å². The van der Waals surface area contributed by atoms with E-state index in [0.29, 0.717) is 0 Å². The lowest BCUT2D eigenvalue weighted by Crippen LogP contribution is -2.69. The summed E-state index contributed by atoms with van der Waals surface area (Å²) in [5, 5.41) is 3.14. The maximum atomic E-state index is 13.3. The molecule has 23 heavy (non-hydrogen) atoms. The van der Waals surface area contributed by atoms with E-state index in [4.69, 9.17) is 0 Å². The number of carbonyl (C=O) groups is 3. The number of rotatable bonds is 4. The Kier molecular flexibility index (Phi) is 4.31. The van der Waals surface area contributed by atoms with Gasteiger partial charge >= 0.3 is 12.2 Å². The summed E-state index contributed by atoms with van der Waals surface area (Å²) < 4.78 is 39.8. The number of hydrogen-bond donors (Lipinski definition) is 2. The van der Waals surface area contributed by atoms with Crippen molar-refractivity contribution < 1.29 is 27.6 Å². The predicted octanol–water partition coefficient (Wildman–Crippen LogP) is 1.18. The van der Waals surface area contributed by atoms with Crippen molar-refractivity contribution in [2.75, 3.05) is 7.05 Å². The summed E-state index contributed by atoms with van der Waals surface area (Å²) in [4.78, 5) is 35.3. The molecule has 1 atom stereocenters. The Labute approximate surface area is 129 Å². The highest BCUT2D eigenvalue weighted by Gasteiger charge is 2.68. The highest BCUT2D eigenvalue weighted by atomic mass is 19.4. The van der Waals surface area contributed by atoms with Crippen LogP contribution in [0.2, 0.25) is 0 Å². The van der Waals surface area contributed by atoms with E-state index in [0.717, 1.165) is 12.6 Å². The Morgan fingerprint density at radius 2 is 1.87 bits per heavy atom. The predicted molar refractivity (Wildman–Crippen MR) is 73.0 cm³/mol. The third-order valence-corrected chi connectivity index (χ3v) is 3.46. The highest BCUT2D eigenvalue weighted by Crippen LogP contribution is 2.33. The maximum absolute atomic E-state index is 13.3. The summed E-state index contributed by atoms with van der Waals surface area (Å²) in [6.45, 7) is 0. The molecule has 2 N–H and O–H groups in total. The van der Waals surface area contributed by atoms with Gasteiger partial charge in [0, 0.05) is 13.5 Å². The van der Waals surface area contributed by atoms with Gasteiger partial charge in [-0.3, -0.25) is 19.8 Å². The molecule has 9 heteroatoms. The van der Waals surface area contributed by atoms with E-state index in [-0.39, 0.29) is 17.7 Å². The number of carbonyl (C=O) groups excluding carboxylic acids is 3. The molecule has 124 valence electrons. The van der Waals surface area contributed by atoms with Gasteiger partial charge in [0.15, 0.2) is 0 Å². The number of imide groups is 1. The van der Waals surface area contributed by atoms with Crippen LogP contribution in [0.15, 0.2) is 30.3 Å². The molecule has 2 rings (SSSR count). The monoisotopic (exact) mass is 329 g/mol. The zero-order valence-electron chi connectivity index (χ0n) is 12.1. The van der Waals surface area contributed by atoms with E-state index >= 15 is 0 Å². The van der Waals surface area contributed by atoms with Crippen LogP contribution in [-0.4, -0.2) is 41.6 Å². The van der Waals surface area contributed by atoms with Crippen LogP contribution in [0, 0.1) is 0 Å². The number of nitrogens with one attached hydrogen (secondary N) is 2. The Balaban J connectivity index is 2.12. The van der Waals surface area contributed by atoms with Crippen molar-refractivity contribution in [2.24, 2.45) is 0 Å². The Bertz CT molecular complexity index is 633. The lowest BCUT2D eigenvalue weighted by Gasteiger charge is -2.29. The molecule has 1 aromatic rings. The molecule has 0 spiro atoms. The number of likely N-dealkylation sites (N-methyl/N-ethyl adjacent to an activating group) is 1. The van der Waals surface area contributed by atoms with E-state index in [1.54, 1.807) is 35.6 Å². The molecule has 1 heterocycles. The van der Waals surface area contributed by atoms with Gasteiger partial charge in [0.1, 0.15) is 0 Å². The molecule has 0 radical (unpaired) electrons. The van der Waals surface area contributed by atoms with Crippen molar-refractivity contribution in [1.29, 1.82) is 0 Å². The third-order valence-electron chi connectivity index (χ3n) is 3.46. The first-order chi connectivity index (χ1) is 10.7. The summed E-state index contributed by atoms with van der Waals surface area (Å²) in [7, 11) is 0.904. The first kappa shape index (κ1) is 16.8. The minimum atomic E-state index is -5.16. The van der Waals surface area contributed by atoms with Crippen LogP contribution in [-0.2, 0) is 16.0 Å². The molecule has 4 amide bonds. The van der Waals surface area contributed by atoms with E-state index in [2.05, 4.69) is 0 Å². The second-order valence-corrected chi connectivity index (χ2v) is 5.08. The standard InChI is InChI=1S/C14H14F3N3O3/c1-20-11(22)13(14(15,16)17,19-12(20)23)18-10(21)8-7-9-5-3-2-4-6-9/h2-6H,7-8H2,1H3,(H,18,21)(H,19,23)/t13-/m1/s1. The third kappa shape index (κ3) is 3.13. The average Bonchev–Trinajstić information content (AvgIpc) is 2.71. The Morgan fingerprint density at radius 3 is 2.35 bits per heavy atom. The smallest absolute Gasteiger partial charge is 0.318 e. The lowest BCUT2D eigenvalue weighted by atomic mass is 10.1. The minimum absolute atomic E-state index is 0.207. The van der Waals surface area contributed by atoms with E-state index in [1.807, 2.05) is 0 Å². The molecule has 0 aromatic heterocycles. The van der Waals surface area contributed by atoms with Gasteiger partial charge in [-0.1, -0.05) is 30.3 Å². The fraction of sp³-hybridized carbons (Fsp3) is 0.357. The molecule has 0 bridgehead atoms. The van der Waals surface area contributed by atoms with E-state index in [9.17, 15) is 27.6 Å².